The maximum atomic E-state index is 13.6. The standard InChI is InChI=1S/C68H129N2O7P/c1-7-10-13-16-19-22-25-28-30-31-32-33-34-35-36-37-38-39-41-42-45-48-51-54-57-60-67(71)69-65(64-76-78(73,74)75-63-62-70(4,5)6)66(59-56-53-50-47-44-27-24-21-18-15-12-9-3)77-68(72)61-58-55-52-49-46-43-40-29-26-23-20-17-14-11-8-2/h19,22-23,26,28,30,56,59,65-66H,7-18,20-21,24-25,27,29,31-55,57-58,60-64H2,1-6H3,(H-,69,71,73,74)/b22-19-,26-23-,30-28-,59-56-. The first-order valence-electron chi connectivity index (χ1n) is 33.4. The summed E-state index contributed by atoms with van der Waals surface area (Å²) in [7, 11) is 1.19. The molecule has 0 aliphatic carbocycles. The average Bonchev–Trinajstić information content (AvgIpc) is 3.40. The summed E-state index contributed by atoms with van der Waals surface area (Å²) in [6, 6.07) is -0.888. The molecule has 1 amide bonds. The maximum absolute atomic E-state index is 13.6. The second kappa shape index (κ2) is 58.2. The molecular weight excluding hydrogens is 988 g/mol. The molecule has 0 radical (unpaired) electrons. The molecule has 0 rings (SSSR count). The number of rotatable bonds is 61. The smallest absolute Gasteiger partial charge is 0.306 e. The summed E-state index contributed by atoms with van der Waals surface area (Å²) >= 11 is 0. The molecule has 0 aliphatic rings. The van der Waals surface area contributed by atoms with E-state index in [-0.39, 0.29) is 31.5 Å². The van der Waals surface area contributed by atoms with Gasteiger partial charge in [-0.3, -0.25) is 14.2 Å². The van der Waals surface area contributed by atoms with E-state index in [4.69, 9.17) is 13.8 Å². The number of likely N-dealkylation sites (N-methyl/N-ethyl adjacent to an activating group) is 1. The van der Waals surface area contributed by atoms with E-state index in [1.165, 1.54) is 212 Å². The van der Waals surface area contributed by atoms with Crippen molar-refractivity contribution >= 4 is 19.7 Å². The van der Waals surface area contributed by atoms with Crippen LogP contribution in [0.2, 0.25) is 0 Å². The number of ether oxygens (including phenoxy) is 1. The molecule has 0 spiro atoms. The Morgan fingerprint density at radius 3 is 1.21 bits per heavy atom. The molecule has 10 heteroatoms. The first-order valence-corrected chi connectivity index (χ1v) is 34.9. The molecule has 0 aromatic heterocycles. The van der Waals surface area contributed by atoms with Crippen molar-refractivity contribution in [3.8, 4) is 0 Å². The summed E-state index contributed by atoms with van der Waals surface area (Å²) in [5, 5.41) is 3.04. The molecule has 0 bridgehead atoms. The fourth-order valence-corrected chi connectivity index (χ4v) is 10.5. The van der Waals surface area contributed by atoms with Crippen LogP contribution in [0, 0.1) is 0 Å². The highest BCUT2D eigenvalue weighted by atomic mass is 31.2. The quantitative estimate of drug-likeness (QED) is 0.0212. The van der Waals surface area contributed by atoms with Crippen molar-refractivity contribution in [2.24, 2.45) is 0 Å². The second-order valence-corrected chi connectivity index (χ2v) is 25.4. The van der Waals surface area contributed by atoms with Gasteiger partial charge in [0.25, 0.3) is 7.82 Å². The van der Waals surface area contributed by atoms with Crippen molar-refractivity contribution in [2.45, 2.75) is 335 Å². The van der Waals surface area contributed by atoms with Gasteiger partial charge in [-0.1, -0.05) is 269 Å². The minimum atomic E-state index is -4.70. The van der Waals surface area contributed by atoms with Crippen molar-refractivity contribution in [3.63, 3.8) is 0 Å². The van der Waals surface area contributed by atoms with E-state index < -0.39 is 20.0 Å². The lowest BCUT2D eigenvalue weighted by Gasteiger charge is -2.30. The van der Waals surface area contributed by atoms with Gasteiger partial charge in [0.1, 0.15) is 19.3 Å². The summed E-state index contributed by atoms with van der Waals surface area (Å²) in [6.07, 6.45) is 72.2. The van der Waals surface area contributed by atoms with Crippen molar-refractivity contribution in [1.82, 2.24) is 5.32 Å². The number of esters is 1. The Morgan fingerprint density at radius 1 is 0.449 bits per heavy atom. The lowest BCUT2D eigenvalue weighted by molar-refractivity contribution is -0.870. The topological polar surface area (TPSA) is 114 Å². The largest absolute Gasteiger partial charge is 0.756 e. The lowest BCUT2D eigenvalue weighted by Crippen LogP contribution is -2.47. The van der Waals surface area contributed by atoms with E-state index in [0.717, 1.165) is 77.0 Å². The number of unbranched alkanes of at least 4 members (excludes halogenated alkanes) is 39. The van der Waals surface area contributed by atoms with Crippen molar-refractivity contribution in [3.05, 3.63) is 48.6 Å². The Kier molecular flexibility index (Phi) is 56.7. The van der Waals surface area contributed by atoms with Crippen LogP contribution in [0.5, 0.6) is 0 Å². The number of phosphoric ester groups is 1. The molecule has 3 atom stereocenters. The van der Waals surface area contributed by atoms with Crippen LogP contribution in [0.3, 0.4) is 0 Å². The summed E-state index contributed by atoms with van der Waals surface area (Å²) in [4.78, 5) is 40.0. The van der Waals surface area contributed by atoms with E-state index in [2.05, 4.69) is 62.5 Å². The summed E-state index contributed by atoms with van der Waals surface area (Å²) < 4.78 is 30.4. The number of hydrogen-bond donors (Lipinski definition) is 1. The zero-order valence-corrected chi connectivity index (χ0v) is 53.3. The van der Waals surface area contributed by atoms with Gasteiger partial charge < -0.3 is 28.5 Å². The van der Waals surface area contributed by atoms with Crippen molar-refractivity contribution in [2.75, 3.05) is 40.9 Å². The number of nitrogens with zero attached hydrogens (tertiary/aromatic N) is 1. The lowest BCUT2D eigenvalue weighted by atomic mass is 10.0. The van der Waals surface area contributed by atoms with Crippen molar-refractivity contribution in [1.29, 1.82) is 0 Å². The van der Waals surface area contributed by atoms with Gasteiger partial charge in [0, 0.05) is 12.8 Å². The number of carbonyl (C=O) groups excluding carboxylic acids is 2. The maximum Gasteiger partial charge on any atom is 0.306 e. The first kappa shape index (κ1) is 76.0. The predicted octanol–water partition coefficient (Wildman–Crippen LogP) is 20.2. The number of amides is 1. The molecule has 0 aromatic rings. The van der Waals surface area contributed by atoms with Gasteiger partial charge in [-0.15, -0.1) is 0 Å². The molecule has 0 saturated heterocycles. The Bertz CT molecular complexity index is 1470. The molecule has 0 fully saturated rings. The SMILES string of the molecule is CCCCC/C=C\C/C=C\CCCCCCCCCCCCCCCCCC(=O)NC(COP(=O)([O-])OCC[N+](C)(C)C)C(/C=C\CCCCCCCCCCCC)OC(=O)CCCCCCCCC/C=C\CCCCCC. The molecule has 0 aromatic carbocycles. The van der Waals surface area contributed by atoms with Crippen LogP contribution in [-0.2, 0) is 27.9 Å². The van der Waals surface area contributed by atoms with Crippen LogP contribution < -0.4 is 10.2 Å². The number of hydrogen-bond acceptors (Lipinski definition) is 7. The molecule has 0 aliphatic heterocycles. The van der Waals surface area contributed by atoms with Crippen LogP contribution in [0.15, 0.2) is 48.6 Å². The molecule has 1 N–H and O–H groups in total. The van der Waals surface area contributed by atoms with E-state index in [1.54, 1.807) is 0 Å². The Balaban J connectivity index is 5.06. The normalized spacial score (nSPS) is 13.9. The van der Waals surface area contributed by atoms with E-state index in [0.29, 0.717) is 17.4 Å². The van der Waals surface area contributed by atoms with Crippen molar-refractivity contribution < 1.29 is 37.3 Å². The number of allylic oxidation sites excluding steroid dienone is 7. The molecule has 0 heterocycles. The highest BCUT2D eigenvalue weighted by molar-refractivity contribution is 7.45. The third-order valence-corrected chi connectivity index (χ3v) is 15.9. The van der Waals surface area contributed by atoms with Gasteiger partial charge in [-0.2, -0.15) is 0 Å². The Labute approximate surface area is 484 Å². The highest BCUT2D eigenvalue weighted by Crippen LogP contribution is 2.38. The molecule has 458 valence electrons. The minimum absolute atomic E-state index is 0.0218. The number of quaternary nitrogens is 1. The predicted molar refractivity (Wildman–Crippen MR) is 335 cm³/mol. The summed E-state index contributed by atoms with van der Waals surface area (Å²) in [5.74, 6) is -0.534. The molecule has 78 heavy (non-hydrogen) atoms. The highest BCUT2D eigenvalue weighted by Gasteiger charge is 2.27. The van der Waals surface area contributed by atoms with Crippen LogP contribution in [-0.4, -0.2) is 69.4 Å². The van der Waals surface area contributed by atoms with Gasteiger partial charge in [-0.05, 0) is 89.5 Å². The number of nitrogens with one attached hydrogen (secondary N) is 1. The van der Waals surface area contributed by atoms with Crippen LogP contribution in [0.1, 0.15) is 323 Å². The molecular formula is C68H129N2O7P. The third-order valence-electron chi connectivity index (χ3n) is 15.0. The molecule has 3 unspecified atom stereocenters. The number of carbonyl (C=O) groups is 2. The third kappa shape index (κ3) is 58.6. The Hall–Kier alpha value is -2.03. The number of phosphoric acid groups is 1. The van der Waals surface area contributed by atoms with Gasteiger partial charge in [-0.25, -0.2) is 0 Å². The first-order chi connectivity index (χ1) is 37.9. The van der Waals surface area contributed by atoms with Gasteiger partial charge in [0.2, 0.25) is 5.91 Å². The Morgan fingerprint density at radius 2 is 0.782 bits per heavy atom. The van der Waals surface area contributed by atoms with Crippen LogP contribution in [0.4, 0.5) is 0 Å². The van der Waals surface area contributed by atoms with E-state index in [1.807, 2.05) is 33.3 Å². The van der Waals surface area contributed by atoms with E-state index >= 15 is 0 Å². The minimum Gasteiger partial charge on any atom is -0.756 e. The summed E-state index contributed by atoms with van der Waals surface area (Å²) in [5.41, 5.74) is 0. The fraction of sp³-hybridized carbons (Fsp3) is 0.853. The average molecular weight is 1120 g/mol. The zero-order chi connectivity index (χ0) is 57.2. The molecule has 9 nitrogen and oxygen atoms in total. The zero-order valence-electron chi connectivity index (χ0n) is 52.4. The van der Waals surface area contributed by atoms with Gasteiger partial charge in [0.05, 0.1) is 33.8 Å². The molecule has 0 saturated carbocycles. The van der Waals surface area contributed by atoms with Gasteiger partial charge >= 0.3 is 5.97 Å². The summed E-state index contributed by atoms with van der Waals surface area (Å²) in [6.45, 7) is 6.84. The second-order valence-electron chi connectivity index (χ2n) is 24.0. The van der Waals surface area contributed by atoms with Gasteiger partial charge in [0.15, 0.2) is 0 Å². The fourth-order valence-electron chi connectivity index (χ4n) is 9.78. The van der Waals surface area contributed by atoms with Crippen LogP contribution >= 0.6 is 7.82 Å². The monoisotopic (exact) mass is 1120 g/mol. The van der Waals surface area contributed by atoms with Crippen LogP contribution in [0.25, 0.3) is 0 Å². The van der Waals surface area contributed by atoms with E-state index in [9.17, 15) is 19.0 Å².